The van der Waals surface area contributed by atoms with E-state index in [1.165, 1.54) is 35.8 Å². The van der Waals surface area contributed by atoms with Gasteiger partial charge in [0.2, 0.25) is 0 Å². The second kappa shape index (κ2) is 5.85. The summed E-state index contributed by atoms with van der Waals surface area (Å²) in [6.07, 6.45) is 1.46. The van der Waals surface area contributed by atoms with Crippen molar-refractivity contribution in [1.82, 2.24) is 5.01 Å². The highest BCUT2D eigenvalue weighted by atomic mass is 32.1. The maximum atomic E-state index is 12.7. The zero-order valence-electron chi connectivity index (χ0n) is 13.5. The molecule has 8 heteroatoms. The predicted octanol–water partition coefficient (Wildman–Crippen LogP) is 3.75. The Bertz CT molecular complexity index is 1110. The van der Waals surface area contributed by atoms with Crippen molar-refractivity contribution in [2.24, 2.45) is 5.10 Å². The lowest BCUT2D eigenvalue weighted by Gasteiger charge is -2.22. The normalized spacial score (nSPS) is 13.8. The van der Waals surface area contributed by atoms with Gasteiger partial charge in [-0.3, -0.25) is 19.7 Å². The van der Waals surface area contributed by atoms with Crippen LogP contribution < -0.4 is 0 Å². The van der Waals surface area contributed by atoms with Crippen LogP contribution in [0.15, 0.2) is 47.6 Å². The fraction of sp³-hybridized carbons (Fsp3) is 0.0556. The van der Waals surface area contributed by atoms with Gasteiger partial charge in [0.25, 0.3) is 17.5 Å². The lowest BCUT2D eigenvalue weighted by molar-refractivity contribution is -0.383. The number of benzene rings is 2. The number of rotatable bonds is 3. The van der Waals surface area contributed by atoms with E-state index >= 15 is 0 Å². The van der Waals surface area contributed by atoms with E-state index in [-0.39, 0.29) is 22.2 Å². The van der Waals surface area contributed by atoms with E-state index in [1.54, 1.807) is 12.1 Å². The van der Waals surface area contributed by atoms with Gasteiger partial charge in [-0.05, 0) is 37.3 Å². The topological polar surface area (TPSA) is 92.9 Å². The van der Waals surface area contributed by atoms with E-state index in [9.17, 15) is 19.7 Å². The average molecular weight is 365 g/mol. The number of hydrogen-bond donors (Lipinski definition) is 0. The van der Waals surface area contributed by atoms with E-state index in [0.717, 1.165) is 14.8 Å². The molecule has 1 aliphatic heterocycles. The Morgan fingerprint density at radius 3 is 2.46 bits per heavy atom. The zero-order valence-corrected chi connectivity index (χ0v) is 14.3. The van der Waals surface area contributed by atoms with Crippen LogP contribution >= 0.6 is 11.3 Å². The van der Waals surface area contributed by atoms with Crippen molar-refractivity contribution < 1.29 is 14.5 Å². The van der Waals surface area contributed by atoms with Gasteiger partial charge in [0.05, 0.1) is 27.7 Å². The van der Waals surface area contributed by atoms with Crippen LogP contribution in [0.5, 0.6) is 0 Å². The fourth-order valence-electron chi connectivity index (χ4n) is 2.97. The molecule has 7 nitrogen and oxygen atoms in total. The van der Waals surface area contributed by atoms with E-state index in [2.05, 4.69) is 5.10 Å². The summed E-state index contributed by atoms with van der Waals surface area (Å²) in [5.41, 5.74) is 0.304. The van der Waals surface area contributed by atoms with Crippen LogP contribution in [0.3, 0.4) is 0 Å². The summed E-state index contributed by atoms with van der Waals surface area (Å²) < 4.78 is 0. The molecule has 0 saturated carbocycles. The Hall–Kier alpha value is -3.39. The molecule has 1 aromatic heterocycles. The minimum Gasteiger partial charge on any atom is -0.267 e. The predicted molar refractivity (Wildman–Crippen MR) is 97.8 cm³/mol. The summed E-state index contributed by atoms with van der Waals surface area (Å²) in [5.74, 6) is -1.20. The van der Waals surface area contributed by atoms with Crippen molar-refractivity contribution in [2.75, 3.05) is 0 Å². The highest BCUT2D eigenvalue weighted by Crippen LogP contribution is 2.35. The Kier molecular flexibility index (Phi) is 3.62. The first-order valence-electron chi connectivity index (χ1n) is 7.66. The van der Waals surface area contributed by atoms with Gasteiger partial charge in [-0.25, -0.2) is 0 Å². The van der Waals surface area contributed by atoms with E-state index in [4.69, 9.17) is 0 Å². The third-order valence-corrected chi connectivity index (χ3v) is 5.06. The number of aryl methyl sites for hydroxylation is 1. The molecule has 0 fully saturated rings. The highest BCUT2D eigenvalue weighted by molar-refractivity contribution is 7.13. The summed E-state index contributed by atoms with van der Waals surface area (Å²) >= 11 is 1.49. The minimum absolute atomic E-state index is 0.141. The molecular formula is C18H11N3O4S. The Morgan fingerprint density at radius 1 is 1.08 bits per heavy atom. The smallest absolute Gasteiger partial charge is 0.267 e. The zero-order chi connectivity index (χ0) is 18.4. The van der Waals surface area contributed by atoms with Crippen LogP contribution in [0.25, 0.3) is 10.8 Å². The first-order chi connectivity index (χ1) is 12.5. The number of nitro groups is 1. The summed E-state index contributed by atoms with van der Waals surface area (Å²) in [6.45, 7) is 1.95. The second-order valence-corrected chi connectivity index (χ2v) is 7.05. The maximum absolute atomic E-state index is 12.7. The van der Waals surface area contributed by atoms with Crippen LogP contribution in [0.4, 0.5) is 5.69 Å². The van der Waals surface area contributed by atoms with E-state index < -0.39 is 16.7 Å². The molecule has 0 N–H and O–H groups in total. The second-order valence-electron chi connectivity index (χ2n) is 5.73. The summed E-state index contributed by atoms with van der Waals surface area (Å²) in [7, 11) is 0. The quantitative estimate of drug-likeness (QED) is 0.306. The molecule has 0 unspecified atom stereocenters. The molecule has 2 aromatic carbocycles. The third-order valence-electron chi connectivity index (χ3n) is 4.12. The molecule has 2 amide bonds. The lowest BCUT2D eigenvalue weighted by atomic mass is 9.94. The number of nitrogens with zero attached hydrogens (tertiary/aromatic N) is 3. The van der Waals surface area contributed by atoms with Gasteiger partial charge in [-0.15, -0.1) is 11.3 Å². The van der Waals surface area contributed by atoms with Crippen molar-refractivity contribution in [1.29, 1.82) is 0 Å². The molecule has 0 spiro atoms. The third kappa shape index (κ3) is 2.39. The van der Waals surface area contributed by atoms with Gasteiger partial charge in [-0.1, -0.05) is 6.07 Å². The number of amides is 2. The average Bonchev–Trinajstić information content (AvgIpc) is 3.04. The number of non-ortho nitro benzene ring substituents is 1. The summed E-state index contributed by atoms with van der Waals surface area (Å²) in [4.78, 5) is 38.1. The first kappa shape index (κ1) is 16.1. The van der Waals surface area contributed by atoms with Gasteiger partial charge < -0.3 is 0 Å². The molecule has 26 heavy (non-hydrogen) atoms. The number of carbonyl (C=O) groups excluding carboxylic acids is 2. The number of hydrazone groups is 1. The molecule has 128 valence electrons. The van der Waals surface area contributed by atoms with Crippen LogP contribution in [0.1, 0.15) is 30.5 Å². The molecule has 2 heterocycles. The van der Waals surface area contributed by atoms with Gasteiger partial charge in [0.15, 0.2) is 0 Å². The van der Waals surface area contributed by atoms with Crippen LogP contribution in [0.2, 0.25) is 0 Å². The number of imide groups is 1. The minimum atomic E-state index is -0.599. The standard InChI is InChI=1S/C18H11N3O4S/c1-10-5-6-11(26-10)9-19-20-17(22)13-4-2-3-12-15(21(24)25)8-7-14(16(12)13)18(20)23/h2-9H,1H3/b19-9-. The molecule has 0 bridgehead atoms. The molecule has 1 aliphatic rings. The molecule has 0 saturated heterocycles. The van der Waals surface area contributed by atoms with Gasteiger partial charge >= 0.3 is 0 Å². The first-order valence-corrected chi connectivity index (χ1v) is 8.48. The van der Waals surface area contributed by atoms with Crippen molar-refractivity contribution in [2.45, 2.75) is 6.92 Å². The lowest BCUT2D eigenvalue weighted by Crippen LogP contribution is -2.36. The van der Waals surface area contributed by atoms with E-state index in [0.29, 0.717) is 5.39 Å². The van der Waals surface area contributed by atoms with Crippen molar-refractivity contribution in [3.8, 4) is 0 Å². The SMILES string of the molecule is Cc1ccc(/C=N\N2C(=O)c3cccc4c([N+](=O)[O-])ccc(c34)C2=O)s1. The largest absolute Gasteiger partial charge is 0.282 e. The van der Waals surface area contributed by atoms with E-state index in [1.807, 2.05) is 19.1 Å². The van der Waals surface area contributed by atoms with Crippen molar-refractivity contribution >= 4 is 45.8 Å². The molecule has 0 radical (unpaired) electrons. The monoisotopic (exact) mass is 365 g/mol. The van der Waals surface area contributed by atoms with Gasteiger partial charge in [0, 0.05) is 21.2 Å². The molecule has 4 rings (SSSR count). The number of carbonyl (C=O) groups is 2. The van der Waals surface area contributed by atoms with Crippen LogP contribution in [-0.4, -0.2) is 28.0 Å². The van der Waals surface area contributed by atoms with Gasteiger partial charge in [0.1, 0.15) is 0 Å². The Labute approximate surface area is 151 Å². The van der Waals surface area contributed by atoms with Crippen LogP contribution in [0, 0.1) is 17.0 Å². The van der Waals surface area contributed by atoms with Crippen molar-refractivity contribution in [3.05, 3.63) is 73.5 Å². The van der Waals surface area contributed by atoms with Crippen LogP contribution in [-0.2, 0) is 0 Å². The number of nitro benzene ring substituents is 1. The number of thiophene rings is 1. The van der Waals surface area contributed by atoms with Gasteiger partial charge in [-0.2, -0.15) is 10.1 Å². The Balaban J connectivity index is 1.85. The Morgan fingerprint density at radius 2 is 1.81 bits per heavy atom. The highest BCUT2D eigenvalue weighted by Gasteiger charge is 2.34. The molecular weight excluding hydrogens is 354 g/mol. The summed E-state index contributed by atoms with van der Waals surface area (Å²) in [5, 5.41) is 16.7. The van der Waals surface area contributed by atoms with Crippen molar-refractivity contribution in [3.63, 3.8) is 0 Å². The fourth-order valence-corrected chi connectivity index (χ4v) is 3.71. The molecule has 0 aliphatic carbocycles. The summed E-state index contributed by atoms with van der Waals surface area (Å²) in [6, 6.07) is 11.1. The maximum Gasteiger partial charge on any atom is 0.282 e. The number of hydrogen-bond acceptors (Lipinski definition) is 6. The molecule has 3 aromatic rings. The molecule has 0 atom stereocenters.